The number of anilines is 2. The highest BCUT2D eigenvalue weighted by Gasteiger charge is 2.35. The van der Waals surface area contributed by atoms with E-state index in [1.807, 2.05) is 32.0 Å². The molecule has 4 nitrogen and oxygen atoms in total. The van der Waals surface area contributed by atoms with E-state index in [4.69, 9.17) is 0 Å². The van der Waals surface area contributed by atoms with Gasteiger partial charge in [0.15, 0.2) is 0 Å². The number of carbonyl (C=O) groups is 1. The number of nitrogens with one attached hydrogen (secondary N) is 1. The van der Waals surface area contributed by atoms with Crippen molar-refractivity contribution in [3.63, 3.8) is 0 Å². The molecule has 1 N–H and O–H groups in total. The minimum absolute atomic E-state index is 0.166. The maximum Gasteiger partial charge on any atom is 0.418 e. The van der Waals surface area contributed by atoms with Gasteiger partial charge in [-0.2, -0.15) is 13.2 Å². The van der Waals surface area contributed by atoms with Gasteiger partial charge in [-0.05, 0) is 43.2 Å². The van der Waals surface area contributed by atoms with Crippen LogP contribution in [0.5, 0.6) is 0 Å². The SMILES string of the molecule is Cc1cccc(NC(=O)N2CCN(c3ccccc3C(F)(F)F)CC2)c1C. The molecule has 1 aliphatic heterocycles. The lowest BCUT2D eigenvalue weighted by Gasteiger charge is -2.37. The monoisotopic (exact) mass is 377 g/mol. The zero-order valence-electron chi connectivity index (χ0n) is 15.3. The molecule has 2 amide bonds. The molecule has 3 rings (SSSR count). The van der Waals surface area contributed by atoms with Gasteiger partial charge >= 0.3 is 12.2 Å². The van der Waals surface area contributed by atoms with Crippen LogP contribution in [0.25, 0.3) is 0 Å². The highest BCUT2D eigenvalue weighted by atomic mass is 19.4. The molecule has 0 atom stereocenters. The van der Waals surface area contributed by atoms with Gasteiger partial charge < -0.3 is 15.1 Å². The summed E-state index contributed by atoms with van der Waals surface area (Å²) in [7, 11) is 0. The summed E-state index contributed by atoms with van der Waals surface area (Å²) < 4.78 is 39.7. The van der Waals surface area contributed by atoms with E-state index >= 15 is 0 Å². The van der Waals surface area contributed by atoms with Gasteiger partial charge in [0, 0.05) is 37.6 Å². The Morgan fingerprint density at radius 2 is 1.63 bits per heavy atom. The number of piperazine rings is 1. The van der Waals surface area contributed by atoms with E-state index in [2.05, 4.69) is 5.32 Å². The number of amides is 2. The molecule has 1 saturated heterocycles. The molecule has 0 aliphatic carbocycles. The maximum absolute atomic E-state index is 13.2. The Morgan fingerprint density at radius 3 is 2.30 bits per heavy atom. The van der Waals surface area contributed by atoms with Crippen LogP contribution in [-0.2, 0) is 6.18 Å². The average molecular weight is 377 g/mol. The van der Waals surface area contributed by atoms with Crippen molar-refractivity contribution < 1.29 is 18.0 Å². The molecule has 2 aromatic carbocycles. The number of alkyl halides is 3. The van der Waals surface area contributed by atoms with Crippen molar-refractivity contribution >= 4 is 17.4 Å². The number of rotatable bonds is 2. The molecule has 2 aromatic rings. The summed E-state index contributed by atoms with van der Waals surface area (Å²) in [6.45, 7) is 5.35. The molecule has 0 bridgehead atoms. The molecule has 1 aliphatic rings. The smallest absolute Gasteiger partial charge is 0.367 e. The zero-order chi connectivity index (χ0) is 19.6. The highest BCUT2D eigenvalue weighted by molar-refractivity contribution is 5.90. The lowest BCUT2D eigenvalue weighted by Crippen LogP contribution is -2.50. The van der Waals surface area contributed by atoms with Crippen LogP contribution in [0.1, 0.15) is 16.7 Å². The fourth-order valence-corrected chi connectivity index (χ4v) is 3.22. The van der Waals surface area contributed by atoms with Crippen LogP contribution in [0.3, 0.4) is 0 Å². The van der Waals surface area contributed by atoms with Crippen LogP contribution in [0.4, 0.5) is 29.3 Å². The van der Waals surface area contributed by atoms with Gasteiger partial charge in [-0.3, -0.25) is 0 Å². The molecule has 7 heteroatoms. The van der Waals surface area contributed by atoms with E-state index in [0.29, 0.717) is 26.2 Å². The normalized spacial score (nSPS) is 15.0. The van der Waals surface area contributed by atoms with Crippen LogP contribution in [0, 0.1) is 13.8 Å². The Labute approximate surface area is 156 Å². The van der Waals surface area contributed by atoms with Crippen molar-refractivity contribution in [2.75, 3.05) is 36.4 Å². The average Bonchev–Trinajstić information content (AvgIpc) is 2.65. The number of para-hydroxylation sites is 1. The molecule has 1 fully saturated rings. The van der Waals surface area contributed by atoms with E-state index in [-0.39, 0.29) is 11.7 Å². The van der Waals surface area contributed by atoms with Crippen molar-refractivity contribution in [3.8, 4) is 0 Å². The highest BCUT2D eigenvalue weighted by Crippen LogP contribution is 2.36. The van der Waals surface area contributed by atoms with Crippen LogP contribution >= 0.6 is 0 Å². The Morgan fingerprint density at radius 1 is 0.963 bits per heavy atom. The first kappa shape index (κ1) is 19.1. The van der Waals surface area contributed by atoms with Crippen molar-refractivity contribution in [3.05, 3.63) is 59.2 Å². The summed E-state index contributed by atoms with van der Waals surface area (Å²) in [6, 6.07) is 11.0. The van der Waals surface area contributed by atoms with Gasteiger partial charge in [0.05, 0.1) is 5.56 Å². The predicted molar refractivity (Wildman–Crippen MR) is 100 cm³/mol. The van der Waals surface area contributed by atoms with E-state index in [1.165, 1.54) is 12.1 Å². The van der Waals surface area contributed by atoms with Crippen molar-refractivity contribution in [1.82, 2.24) is 4.90 Å². The molecule has 1 heterocycles. The first-order valence-corrected chi connectivity index (χ1v) is 8.80. The number of benzene rings is 2. The number of urea groups is 1. The van der Waals surface area contributed by atoms with Crippen LogP contribution in [0.2, 0.25) is 0 Å². The molecule has 0 radical (unpaired) electrons. The second kappa shape index (κ2) is 7.50. The number of nitrogens with zero attached hydrogens (tertiary/aromatic N) is 2. The quantitative estimate of drug-likeness (QED) is 0.825. The fraction of sp³-hybridized carbons (Fsp3) is 0.350. The second-order valence-electron chi connectivity index (χ2n) is 6.67. The van der Waals surface area contributed by atoms with E-state index in [1.54, 1.807) is 15.9 Å². The Balaban J connectivity index is 1.66. The minimum atomic E-state index is -4.40. The third kappa shape index (κ3) is 4.18. The first-order chi connectivity index (χ1) is 12.8. The molecule has 144 valence electrons. The molecular formula is C20H22F3N3O. The third-order valence-corrected chi connectivity index (χ3v) is 4.96. The van der Waals surface area contributed by atoms with Gasteiger partial charge in [0.2, 0.25) is 0 Å². The van der Waals surface area contributed by atoms with Gasteiger partial charge in [0.1, 0.15) is 0 Å². The minimum Gasteiger partial charge on any atom is -0.367 e. The van der Waals surface area contributed by atoms with E-state index in [9.17, 15) is 18.0 Å². The van der Waals surface area contributed by atoms with Crippen molar-refractivity contribution in [2.45, 2.75) is 20.0 Å². The predicted octanol–water partition coefficient (Wildman–Crippen LogP) is 4.68. The molecule has 0 unspecified atom stereocenters. The summed E-state index contributed by atoms with van der Waals surface area (Å²) in [6.07, 6.45) is -4.40. The molecule has 27 heavy (non-hydrogen) atoms. The van der Waals surface area contributed by atoms with Gasteiger partial charge in [-0.25, -0.2) is 4.79 Å². The first-order valence-electron chi connectivity index (χ1n) is 8.80. The maximum atomic E-state index is 13.2. The largest absolute Gasteiger partial charge is 0.418 e. The van der Waals surface area contributed by atoms with E-state index in [0.717, 1.165) is 22.9 Å². The topological polar surface area (TPSA) is 35.6 Å². The number of hydrogen-bond acceptors (Lipinski definition) is 2. The lowest BCUT2D eigenvalue weighted by atomic mass is 10.1. The molecule has 0 aromatic heterocycles. The Kier molecular flexibility index (Phi) is 5.30. The molecular weight excluding hydrogens is 355 g/mol. The summed E-state index contributed by atoms with van der Waals surface area (Å²) >= 11 is 0. The van der Waals surface area contributed by atoms with Gasteiger partial charge in [-0.1, -0.05) is 24.3 Å². The molecule has 0 saturated carbocycles. The zero-order valence-corrected chi connectivity index (χ0v) is 15.3. The second-order valence-corrected chi connectivity index (χ2v) is 6.67. The van der Waals surface area contributed by atoms with Crippen LogP contribution < -0.4 is 10.2 Å². The number of hydrogen-bond donors (Lipinski definition) is 1. The molecule has 0 spiro atoms. The summed E-state index contributed by atoms with van der Waals surface area (Å²) in [5.74, 6) is 0. The Hall–Kier alpha value is -2.70. The van der Waals surface area contributed by atoms with Gasteiger partial charge in [-0.15, -0.1) is 0 Å². The van der Waals surface area contributed by atoms with Crippen LogP contribution in [-0.4, -0.2) is 37.1 Å². The summed E-state index contributed by atoms with van der Waals surface area (Å²) in [4.78, 5) is 15.8. The fourth-order valence-electron chi connectivity index (χ4n) is 3.22. The Bertz CT molecular complexity index is 827. The number of aryl methyl sites for hydroxylation is 1. The van der Waals surface area contributed by atoms with Crippen LogP contribution in [0.15, 0.2) is 42.5 Å². The third-order valence-electron chi connectivity index (χ3n) is 4.96. The number of halogens is 3. The number of carbonyl (C=O) groups excluding carboxylic acids is 1. The van der Waals surface area contributed by atoms with Crippen molar-refractivity contribution in [2.24, 2.45) is 0 Å². The standard InChI is InChI=1S/C20H22F3N3O/c1-14-6-5-8-17(15(14)2)24-19(27)26-12-10-25(11-13-26)18-9-4-3-7-16(18)20(21,22)23/h3-9H,10-13H2,1-2H3,(H,24,27). The van der Waals surface area contributed by atoms with E-state index < -0.39 is 11.7 Å². The van der Waals surface area contributed by atoms with Gasteiger partial charge in [0.25, 0.3) is 0 Å². The summed E-state index contributed by atoms with van der Waals surface area (Å²) in [5, 5.41) is 2.90. The summed E-state index contributed by atoms with van der Waals surface area (Å²) in [5.41, 5.74) is 2.37. The van der Waals surface area contributed by atoms with Crippen molar-refractivity contribution in [1.29, 1.82) is 0 Å². The lowest BCUT2D eigenvalue weighted by molar-refractivity contribution is -0.137.